The molecule has 1 heterocycles. The Hall–Kier alpha value is -1.26. The second-order valence-corrected chi connectivity index (χ2v) is 5.58. The molecule has 0 spiro atoms. The maximum Gasteiger partial charge on any atom is 0.254 e. The molecule has 0 radical (unpaired) electrons. The largest absolute Gasteiger partial charge is 0.341 e. The highest BCUT2D eigenvalue weighted by Gasteiger charge is 2.40. The van der Waals surface area contributed by atoms with Gasteiger partial charge in [-0.2, -0.15) is 0 Å². The highest BCUT2D eigenvalue weighted by atomic mass is 35.5. The summed E-state index contributed by atoms with van der Waals surface area (Å²) < 4.78 is 0. The number of hydrogen-bond acceptors (Lipinski definition) is 2. The summed E-state index contributed by atoms with van der Waals surface area (Å²) in [7, 11) is 0. The van der Waals surface area contributed by atoms with Gasteiger partial charge >= 0.3 is 0 Å². The molecule has 0 unspecified atom stereocenters. The Balaban J connectivity index is 2.49. The first kappa shape index (κ1) is 15.1. The topological polar surface area (TPSA) is 49.4 Å². The molecule has 0 fully saturated rings. The van der Waals surface area contributed by atoms with Crippen LogP contribution in [0.15, 0.2) is 12.1 Å². The van der Waals surface area contributed by atoms with E-state index in [1.165, 1.54) is 6.92 Å². The van der Waals surface area contributed by atoms with Gasteiger partial charge in [-0.05, 0) is 18.6 Å². The number of rotatable bonds is 4. The van der Waals surface area contributed by atoms with E-state index in [0.717, 1.165) is 12.8 Å². The number of benzene rings is 1. The maximum atomic E-state index is 12.5. The lowest BCUT2D eigenvalue weighted by Crippen LogP contribution is -2.37. The third-order valence-corrected chi connectivity index (χ3v) is 3.90. The Kier molecular flexibility index (Phi) is 4.55. The van der Waals surface area contributed by atoms with Gasteiger partial charge in [-0.15, -0.1) is 0 Å². The monoisotopic (exact) mass is 314 g/mol. The minimum atomic E-state index is -0.745. The first-order chi connectivity index (χ1) is 9.47. The Morgan fingerprint density at radius 3 is 2.60 bits per heavy atom. The van der Waals surface area contributed by atoms with Crippen LogP contribution in [0.25, 0.3) is 0 Å². The van der Waals surface area contributed by atoms with Crippen molar-refractivity contribution in [1.29, 1.82) is 0 Å². The number of carbonyl (C=O) groups excluding carboxylic acids is 2. The van der Waals surface area contributed by atoms with Crippen molar-refractivity contribution in [3.05, 3.63) is 27.7 Å². The summed E-state index contributed by atoms with van der Waals surface area (Å²) in [6.07, 6.45) is 1.82. The van der Waals surface area contributed by atoms with Crippen molar-refractivity contribution in [3.8, 4) is 0 Å². The van der Waals surface area contributed by atoms with Crippen LogP contribution in [0.5, 0.6) is 0 Å². The van der Waals surface area contributed by atoms with Crippen LogP contribution >= 0.6 is 23.2 Å². The van der Waals surface area contributed by atoms with E-state index in [9.17, 15) is 9.59 Å². The lowest BCUT2D eigenvalue weighted by molar-refractivity contribution is -0.126. The van der Waals surface area contributed by atoms with Crippen LogP contribution in [0.2, 0.25) is 10.0 Å². The summed E-state index contributed by atoms with van der Waals surface area (Å²) in [5.41, 5.74) is 1.21. The van der Waals surface area contributed by atoms with Gasteiger partial charge in [-0.1, -0.05) is 36.5 Å². The summed E-state index contributed by atoms with van der Waals surface area (Å²) in [6, 6.07) is 2.57. The standard InChI is InChI=1S/C14H16Cl2N2O2/c1-3-4-7-18-13-10(16)6-5-9(15)11(13)12(14(18)20)17-8(2)19/h5-6,12H,3-4,7H2,1-2H3,(H,17,19)/t12-/m1/s1. The summed E-state index contributed by atoms with van der Waals surface area (Å²) >= 11 is 12.4. The number of unbranched alkanes of at least 4 members (excludes halogenated alkanes) is 1. The number of amides is 2. The number of nitrogens with zero attached hydrogens (tertiary/aromatic N) is 1. The zero-order valence-corrected chi connectivity index (χ0v) is 12.9. The molecule has 4 nitrogen and oxygen atoms in total. The van der Waals surface area contributed by atoms with E-state index in [4.69, 9.17) is 23.2 Å². The van der Waals surface area contributed by atoms with E-state index in [1.807, 2.05) is 6.92 Å². The zero-order valence-electron chi connectivity index (χ0n) is 11.4. The predicted molar refractivity (Wildman–Crippen MR) is 80.3 cm³/mol. The number of fused-ring (bicyclic) bond motifs is 1. The van der Waals surface area contributed by atoms with Crippen molar-refractivity contribution < 1.29 is 9.59 Å². The molecule has 0 bridgehead atoms. The average molecular weight is 315 g/mol. The summed E-state index contributed by atoms with van der Waals surface area (Å²) in [5.74, 6) is -0.457. The van der Waals surface area contributed by atoms with Crippen molar-refractivity contribution in [2.75, 3.05) is 11.4 Å². The molecule has 1 aromatic rings. The molecule has 0 aromatic heterocycles. The van der Waals surface area contributed by atoms with Crippen LogP contribution in [-0.4, -0.2) is 18.4 Å². The van der Waals surface area contributed by atoms with Gasteiger partial charge in [0.25, 0.3) is 5.91 Å². The van der Waals surface area contributed by atoms with Crippen molar-refractivity contribution >= 4 is 40.7 Å². The van der Waals surface area contributed by atoms with Crippen molar-refractivity contribution in [3.63, 3.8) is 0 Å². The van der Waals surface area contributed by atoms with E-state index in [1.54, 1.807) is 17.0 Å². The van der Waals surface area contributed by atoms with Gasteiger partial charge in [0.1, 0.15) is 6.04 Å². The lowest BCUT2D eigenvalue weighted by atomic mass is 10.1. The molecule has 0 saturated carbocycles. The third-order valence-electron chi connectivity index (χ3n) is 3.27. The SMILES string of the molecule is CCCCN1C(=O)[C@H](NC(C)=O)c2c(Cl)ccc(Cl)c21. The summed E-state index contributed by atoms with van der Waals surface area (Å²) in [4.78, 5) is 25.4. The Bertz CT molecular complexity index is 560. The summed E-state index contributed by atoms with van der Waals surface area (Å²) in [5, 5.41) is 3.56. The molecule has 0 aliphatic carbocycles. The Morgan fingerprint density at radius 1 is 1.35 bits per heavy atom. The van der Waals surface area contributed by atoms with Crippen molar-refractivity contribution in [1.82, 2.24) is 5.32 Å². The van der Waals surface area contributed by atoms with Gasteiger partial charge in [0.15, 0.2) is 0 Å². The minimum Gasteiger partial charge on any atom is -0.341 e. The van der Waals surface area contributed by atoms with Gasteiger partial charge < -0.3 is 10.2 Å². The zero-order chi connectivity index (χ0) is 14.9. The highest BCUT2D eigenvalue weighted by molar-refractivity contribution is 6.38. The van der Waals surface area contributed by atoms with Crippen LogP contribution in [0.4, 0.5) is 5.69 Å². The molecule has 20 heavy (non-hydrogen) atoms. The number of nitrogens with one attached hydrogen (secondary N) is 1. The smallest absolute Gasteiger partial charge is 0.254 e. The molecule has 1 N–H and O–H groups in total. The van der Waals surface area contributed by atoms with Crippen LogP contribution in [0.3, 0.4) is 0 Å². The van der Waals surface area contributed by atoms with Crippen LogP contribution in [-0.2, 0) is 9.59 Å². The van der Waals surface area contributed by atoms with Crippen LogP contribution in [0.1, 0.15) is 38.3 Å². The fourth-order valence-corrected chi connectivity index (χ4v) is 2.90. The van der Waals surface area contributed by atoms with E-state index in [-0.39, 0.29) is 11.8 Å². The number of anilines is 1. The first-order valence-electron chi connectivity index (χ1n) is 6.53. The average Bonchev–Trinajstić information content (AvgIpc) is 2.66. The van der Waals surface area contributed by atoms with Crippen molar-refractivity contribution in [2.24, 2.45) is 0 Å². The second-order valence-electron chi connectivity index (χ2n) is 4.77. The van der Waals surface area contributed by atoms with Gasteiger partial charge in [0.05, 0.1) is 10.7 Å². The van der Waals surface area contributed by atoms with Gasteiger partial charge in [0, 0.05) is 24.1 Å². The predicted octanol–water partition coefficient (Wildman–Crippen LogP) is 3.32. The molecule has 2 rings (SSSR count). The van der Waals surface area contributed by atoms with Gasteiger partial charge in [-0.3, -0.25) is 9.59 Å². The van der Waals surface area contributed by atoms with E-state index in [0.29, 0.717) is 27.8 Å². The fourth-order valence-electron chi connectivity index (χ4n) is 2.37. The molecule has 1 aliphatic rings. The molecule has 1 aliphatic heterocycles. The van der Waals surface area contributed by atoms with E-state index in [2.05, 4.69) is 5.32 Å². The first-order valence-corrected chi connectivity index (χ1v) is 7.29. The van der Waals surface area contributed by atoms with Crippen molar-refractivity contribution in [2.45, 2.75) is 32.7 Å². The van der Waals surface area contributed by atoms with Gasteiger partial charge in [-0.25, -0.2) is 0 Å². The number of carbonyl (C=O) groups is 2. The second kappa shape index (κ2) is 6.02. The third kappa shape index (κ3) is 2.63. The molecule has 0 saturated heterocycles. The molecule has 108 valence electrons. The van der Waals surface area contributed by atoms with Crippen LogP contribution < -0.4 is 10.2 Å². The molecule has 6 heteroatoms. The molecular weight excluding hydrogens is 299 g/mol. The Labute approximate surface area is 128 Å². The maximum absolute atomic E-state index is 12.5. The highest BCUT2D eigenvalue weighted by Crippen LogP contribution is 2.44. The van der Waals surface area contributed by atoms with E-state index >= 15 is 0 Å². The molecule has 1 aromatic carbocycles. The molecular formula is C14H16Cl2N2O2. The van der Waals surface area contributed by atoms with Crippen LogP contribution in [0, 0.1) is 0 Å². The normalized spacial score (nSPS) is 17.3. The Morgan fingerprint density at radius 2 is 2.00 bits per heavy atom. The lowest BCUT2D eigenvalue weighted by Gasteiger charge is -2.18. The fraction of sp³-hybridized carbons (Fsp3) is 0.429. The number of halogens is 2. The quantitative estimate of drug-likeness (QED) is 0.926. The molecule has 1 atom stereocenters. The number of hydrogen-bond donors (Lipinski definition) is 1. The summed E-state index contributed by atoms with van der Waals surface area (Å²) in [6.45, 7) is 3.99. The van der Waals surface area contributed by atoms with Gasteiger partial charge in [0.2, 0.25) is 5.91 Å². The minimum absolute atomic E-state index is 0.182. The molecule has 2 amide bonds. The van der Waals surface area contributed by atoms with E-state index < -0.39 is 6.04 Å².